The molecule has 2 saturated heterocycles. The van der Waals surface area contributed by atoms with E-state index < -0.39 is 0 Å². The van der Waals surface area contributed by atoms with Crippen LogP contribution in [0.2, 0.25) is 0 Å². The van der Waals surface area contributed by atoms with Crippen LogP contribution in [0.5, 0.6) is 0 Å². The minimum absolute atomic E-state index is 0.0983. The van der Waals surface area contributed by atoms with Crippen molar-refractivity contribution in [1.29, 1.82) is 0 Å². The molecule has 1 aliphatic carbocycles. The van der Waals surface area contributed by atoms with Crippen LogP contribution in [0.1, 0.15) is 37.7 Å². The Morgan fingerprint density at radius 2 is 2.14 bits per heavy atom. The van der Waals surface area contributed by atoms with Gasteiger partial charge in [-0.3, -0.25) is 4.90 Å². The van der Waals surface area contributed by atoms with Crippen LogP contribution < -0.4 is 0 Å². The zero-order valence-electron chi connectivity index (χ0n) is 12.6. The minimum Gasteiger partial charge on any atom is -0.472 e. The molecule has 1 aromatic heterocycles. The molecular formula is C17H25NO3. The fraction of sp³-hybridized carbons (Fsp3) is 0.765. The van der Waals surface area contributed by atoms with E-state index in [1.165, 1.54) is 18.4 Å². The lowest BCUT2D eigenvalue weighted by Gasteiger charge is -2.38. The van der Waals surface area contributed by atoms with Crippen LogP contribution in [0, 0.1) is 5.92 Å². The third kappa shape index (κ3) is 3.33. The van der Waals surface area contributed by atoms with Crippen molar-refractivity contribution in [2.24, 2.45) is 5.92 Å². The van der Waals surface area contributed by atoms with Gasteiger partial charge in [-0.15, -0.1) is 0 Å². The first-order chi connectivity index (χ1) is 10.3. The molecule has 116 valence electrons. The Hall–Kier alpha value is -0.840. The maximum Gasteiger partial charge on any atom is 0.0947 e. The summed E-state index contributed by atoms with van der Waals surface area (Å²) >= 11 is 0. The lowest BCUT2D eigenvalue weighted by molar-refractivity contribution is -0.0467. The summed E-state index contributed by atoms with van der Waals surface area (Å²) in [4.78, 5) is 2.50. The van der Waals surface area contributed by atoms with Crippen LogP contribution in [-0.2, 0) is 16.0 Å². The van der Waals surface area contributed by atoms with Gasteiger partial charge in [-0.05, 0) is 37.7 Å². The summed E-state index contributed by atoms with van der Waals surface area (Å²) in [6, 6.07) is 2.05. The van der Waals surface area contributed by atoms with Gasteiger partial charge in [0.05, 0.1) is 30.8 Å². The number of likely N-dealkylation sites (tertiary alicyclic amines) is 1. The molecule has 1 atom stereocenters. The molecule has 4 rings (SSSR count). The number of rotatable bonds is 5. The average Bonchev–Trinajstić information content (AvgIpc) is 3.04. The summed E-state index contributed by atoms with van der Waals surface area (Å²) in [7, 11) is 0. The molecule has 1 saturated carbocycles. The van der Waals surface area contributed by atoms with E-state index in [4.69, 9.17) is 13.9 Å². The Morgan fingerprint density at radius 1 is 1.29 bits per heavy atom. The molecule has 1 aromatic rings. The van der Waals surface area contributed by atoms with Crippen molar-refractivity contribution in [1.82, 2.24) is 4.90 Å². The second-order valence-corrected chi connectivity index (χ2v) is 7.00. The van der Waals surface area contributed by atoms with Gasteiger partial charge in [0.25, 0.3) is 0 Å². The zero-order chi connectivity index (χ0) is 14.1. The van der Waals surface area contributed by atoms with E-state index in [0.717, 1.165) is 58.0 Å². The topological polar surface area (TPSA) is 34.8 Å². The lowest BCUT2D eigenvalue weighted by Crippen LogP contribution is -2.43. The number of hydrogen-bond donors (Lipinski definition) is 0. The molecule has 2 aliphatic heterocycles. The summed E-state index contributed by atoms with van der Waals surface area (Å²) in [6.45, 7) is 4.97. The molecule has 0 amide bonds. The van der Waals surface area contributed by atoms with Crippen molar-refractivity contribution < 1.29 is 13.9 Å². The van der Waals surface area contributed by atoms with E-state index >= 15 is 0 Å². The zero-order valence-corrected chi connectivity index (χ0v) is 12.6. The number of hydrogen-bond acceptors (Lipinski definition) is 4. The Balaban J connectivity index is 1.24. The third-order valence-corrected chi connectivity index (χ3v) is 5.19. The normalized spacial score (nSPS) is 29.2. The van der Waals surface area contributed by atoms with E-state index in [2.05, 4.69) is 11.0 Å². The number of furan rings is 1. The van der Waals surface area contributed by atoms with Gasteiger partial charge in [-0.2, -0.15) is 0 Å². The van der Waals surface area contributed by atoms with Crippen LogP contribution in [0.15, 0.2) is 23.0 Å². The summed E-state index contributed by atoms with van der Waals surface area (Å²) < 4.78 is 17.3. The van der Waals surface area contributed by atoms with E-state index in [1.807, 2.05) is 6.26 Å². The van der Waals surface area contributed by atoms with Crippen LogP contribution in [0.3, 0.4) is 0 Å². The molecular weight excluding hydrogens is 266 g/mol. The molecule has 4 heteroatoms. The summed E-state index contributed by atoms with van der Waals surface area (Å²) in [5.41, 5.74) is 1.37. The highest BCUT2D eigenvalue weighted by Gasteiger charge is 2.43. The maximum absolute atomic E-state index is 6.16. The van der Waals surface area contributed by atoms with E-state index in [-0.39, 0.29) is 5.60 Å². The van der Waals surface area contributed by atoms with Crippen LogP contribution in [0.4, 0.5) is 0 Å². The van der Waals surface area contributed by atoms with Crippen molar-refractivity contribution in [2.75, 3.05) is 26.3 Å². The van der Waals surface area contributed by atoms with Crippen LogP contribution in [0.25, 0.3) is 0 Å². The van der Waals surface area contributed by atoms with Gasteiger partial charge in [0.15, 0.2) is 0 Å². The van der Waals surface area contributed by atoms with E-state index in [1.54, 1.807) is 6.26 Å². The van der Waals surface area contributed by atoms with Crippen molar-refractivity contribution in [3.05, 3.63) is 24.2 Å². The maximum atomic E-state index is 6.16. The molecule has 0 aromatic carbocycles. The molecule has 4 nitrogen and oxygen atoms in total. The van der Waals surface area contributed by atoms with Gasteiger partial charge in [-0.25, -0.2) is 0 Å². The Morgan fingerprint density at radius 3 is 2.86 bits per heavy atom. The van der Waals surface area contributed by atoms with E-state index in [0.29, 0.717) is 6.10 Å². The van der Waals surface area contributed by atoms with Gasteiger partial charge in [0.1, 0.15) is 0 Å². The van der Waals surface area contributed by atoms with Crippen molar-refractivity contribution in [2.45, 2.75) is 50.4 Å². The predicted octanol–water partition coefficient (Wildman–Crippen LogP) is 2.83. The van der Waals surface area contributed by atoms with Crippen LogP contribution >= 0.6 is 0 Å². The molecule has 0 N–H and O–H groups in total. The Kier molecular flexibility index (Phi) is 3.78. The van der Waals surface area contributed by atoms with Crippen molar-refractivity contribution >= 4 is 0 Å². The van der Waals surface area contributed by atoms with Gasteiger partial charge in [-0.1, -0.05) is 0 Å². The van der Waals surface area contributed by atoms with Crippen molar-refractivity contribution in [3.63, 3.8) is 0 Å². The first-order valence-corrected chi connectivity index (χ1v) is 8.30. The quantitative estimate of drug-likeness (QED) is 0.835. The summed E-state index contributed by atoms with van der Waals surface area (Å²) in [5.74, 6) is 0.846. The highest BCUT2D eigenvalue weighted by Crippen LogP contribution is 2.38. The lowest BCUT2D eigenvalue weighted by atomic mass is 9.88. The van der Waals surface area contributed by atoms with Crippen molar-refractivity contribution in [3.8, 4) is 0 Å². The number of nitrogens with zero attached hydrogens (tertiary/aromatic N) is 1. The SMILES string of the molecule is c1cc(CN2CCC3(CC2)C[C@H](OCC2CC2)CO3)co1. The second-order valence-electron chi connectivity index (χ2n) is 7.00. The molecule has 0 bridgehead atoms. The molecule has 3 aliphatic rings. The highest BCUT2D eigenvalue weighted by molar-refractivity contribution is 5.05. The van der Waals surface area contributed by atoms with E-state index in [9.17, 15) is 0 Å². The average molecular weight is 291 g/mol. The van der Waals surface area contributed by atoms with Crippen LogP contribution in [-0.4, -0.2) is 42.9 Å². The predicted molar refractivity (Wildman–Crippen MR) is 79.0 cm³/mol. The van der Waals surface area contributed by atoms with Gasteiger partial charge in [0, 0.05) is 38.2 Å². The molecule has 3 heterocycles. The fourth-order valence-corrected chi connectivity index (χ4v) is 3.57. The first kappa shape index (κ1) is 13.8. The third-order valence-electron chi connectivity index (χ3n) is 5.19. The fourth-order valence-electron chi connectivity index (χ4n) is 3.57. The number of piperidine rings is 1. The molecule has 3 fully saturated rings. The monoisotopic (exact) mass is 291 g/mol. The first-order valence-electron chi connectivity index (χ1n) is 8.30. The minimum atomic E-state index is 0.0983. The Bertz CT molecular complexity index is 447. The van der Waals surface area contributed by atoms with Gasteiger partial charge < -0.3 is 13.9 Å². The number of ether oxygens (including phenoxy) is 2. The highest BCUT2D eigenvalue weighted by atomic mass is 16.6. The van der Waals surface area contributed by atoms with Gasteiger partial charge >= 0.3 is 0 Å². The molecule has 0 radical (unpaired) electrons. The second kappa shape index (κ2) is 5.75. The Labute approximate surface area is 126 Å². The smallest absolute Gasteiger partial charge is 0.0947 e. The standard InChI is InChI=1S/C17H25NO3/c1-2-14(1)12-20-16-9-17(21-13-16)4-6-18(7-5-17)10-15-3-8-19-11-15/h3,8,11,14,16H,1-2,4-7,9-10,12-13H2/t16-/m0/s1. The molecule has 1 spiro atoms. The summed E-state index contributed by atoms with van der Waals surface area (Å²) in [6.07, 6.45) is 10.0. The van der Waals surface area contributed by atoms with Gasteiger partial charge in [0.2, 0.25) is 0 Å². The summed E-state index contributed by atoms with van der Waals surface area (Å²) in [5, 5.41) is 0. The largest absolute Gasteiger partial charge is 0.472 e. The molecule has 0 unspecified atom stereocenters. The molecule has 21 heavy (non-hydrogen) atoms.